The molecule has 3 rings (SSSR count). The lowest BCUT2D eigenvalue weighted by Crippen LogP contribution is -2.13. The van der Waals surface area contributed by atoms with Crippen LogP contribution in [0.25, 0.3) is 10.1 Å². The average Bonchev–Trinajstić information content (AvgIpc) is 2.92. The highest BCUT2D eigenvalue weighted by Gasteiger charge is 2.22. The summed E-state index contributed by atoms with van der Waals surface area (Å²) in [4.78, 5) is 14.8. The van der Waals surface area contributed by atoms with Crippen molar-refractivity contribution >= 4 is 43.1 Å². The predicted octanol–water partition coefficient (Wildman–Crippen LogP) is 4.23. The van der Waals surface area contributed by atoms with Crippen LogP contribution in [0.3, 0.4) is 0 Å². The molecule has 2 N–H and O–H groups in total. The third-order valence-corrected chi connectivity index (χ3v) is 7.34. The number of nitrogens with one attached hydrogen (secondary N) is 1. The van der Waals surface area contributed by atoms with Gasteiger partial charge in [-0.15, -0.1) is 11.3 Å². The van der Waals surface area contributed by atoms with Gasteiger partial charge in [-0.3, -0.25) is 9.71 Å². The maximum absolute atomic E-state index is 12.8. The number of thiophene rings is 1. The van der Waals surface area contributed by atoms with Gasteiger partial charge in [-0.2, -0.15) is 0 Å². The number of aromatic nitrogens is 1. The number of rotatable bonds is 5. The van der Waals surface area contributed by atoms with Crippen molar-refractivity contribution in [3.63, 3.8) is 0 Å². The van der Waals surface area contributed by atoms with Gasteiger partial charge in [-0.25, -0.2) is 13.2 Å². The first-order chi connectivity index (χ1) is 12.2. The van der Waals surface area contributed by atoms with Crippen molar-refractivity contribution in [3.05, 3.63) is 53.3 Å². The first-order valence-corrected chi connectivity index (χ1v) is 10.2. The number of anilines is 1. The maximum Gasteiger partial charge on any atom is 0.337 e. The summed E-state index contributed by atoms with van der Waals surface area (Å²) in [6, 6.07) is 7.21. The monoisotopic (exact) mass is 390 g/mol. The molecule has 0 bridgehead atoms. The Morgan fingerprint density at radius 2 is 1.96 bits per heavy atom. The third kappa shape index (κ3) is 3.42. The molecule has 0 unspecified atom stereocenters. The number of aryl methyl sites for hydroxylation is 1. The normalized spacial score (nSPS) is 11.8. The molecule has 8 heteroatoms. The third-order valence-electron chi connectivity index (χ3n) is 4.06. The molecule has 0 aliphatic carbocycles. The molecule has 0 amide bonds. The van der Waals surface area contributed by atoms with E-state index < -0.39 is 16.0 Å². The molecule has 0 saturated heterocycles. The number of pyridine rings is 1. The summed E-state index contributed by atoms with van der Waals surface area (Å²) < 4.78 is 29.2. The summed E-state index contributed by atoms with van der Waals surface area (Å²) in [6.45, 7) is 5.96. The number of carboxylic acid groups (broad SMARTS) is 1. The molecule has 0 saturated carbocycles. The number of fused-ring (bicyclic) bond motifs is 1. The minimum absolute atomic E-state index is 0.0835. The lowest BCUT2D eigenvalue weighted by Gasteiger charge is -2.07. The quantitative estimate of drug-likeness (QED) is 0.680. The van der Waals surface area contributed by atoms with Gasteiger partial charge in [0.25, 0.3) is 10.0 Å². The molecular formula is C18H18N2O4S2. The fourth-order valence-electron chi connectivity index (χ4n) is 2.65. The Labute approximate surface area is 155 Å². The molecule has 136 valence electrons. The predicted molar refractivity (Wildman–Crippen MR) is 103 cm³/mol. The Hall–Kier alpha value is -2.45. The van der Waals surface area contributed by atoms with Gasteiger partial charge in [0, 0.05) is 10.9 Å². The number of benzene rings is 1. The van der Waals surface area contributed by atoms with E-state index in [9.17, 15) is 13.2 Å². The van der Waals surface area contributed by atoms with Crippen LogP contribution in [-0.2, 0) is 10.0 Å². The van der Waals surface area contributed by atoms with Crippen LogP contribution in [-0.4, -0.2) is 24.5 Å². The van der Waals surface area contributed by atoms with Crippen molar-refractivity contribution in [2.45, 2.75) is 30.9 Å². The largest absolute Gasteiger partial charge is 0.478 e. The van der Waals surface area contributed by atoms with Crippen LogP contribution in [0.5, 0.6) is 0 Å². The smallest absolute Gasteiger partial charge is 0.337 e. The summed E-state index contributed by atoms with van der Waals surface area (Å²) in [7, 11) is -3.85. The zero-order chi connectivity index (χ0) is 19.1. The Morgan fingerprint density at radius 1 is 1.23 bits per heavy atom. The Bertz CT molecular complexity index is 1100. The number of carboxylic acids is 1. The lowest BCUT2D eigenvalue weighted by molar-refractivity contribution is 0.0696. The van der Waals surface area contributed by atoms with Crippen molar-refractivity contribution < 1.29 is 18.3 Å². The SMILES string of the molecule is Cc1c(S(=O)(=O)Nc2cncc(C(=O)O)c2)sc2ccc(C(C)C)cc12. The zero-order valence-corrected chi connectivity index (χ0v) is 16.1. The number of aromatic carboxylic acids is 1. The molecule has 26 heavy (non-hydrogen) atoms. The van der Waals surface area contributed by atoms with Crippen molar-refractivity contribution in [2.24, 2.45) is 0 Å². The number of hydrogen-bond donors (Lipinski definition) is 2. The minimum Gasteiger partial charge on any atom is -0.478 e. The summed E-state index contributed by atoms with van der Waals surface area (Å²) in [5.41, 5.74) is 1.86. The number of hydrogen-bond acceptors (Lipinski definition) is 5. The topological polar surface area (TPSA) is 96.4 Å². The van der Waals surface area contributed by atoms with Crippen molar-refractivity contribution in [1.29, 1.82) is 0 Å². The average molecular weight is 390 g/mol. The Balaban J connectivity index is 2.03. The van der Waals surface area contributed by atoms with Gasteiger partial charge < -0.3 is 5.11 Å². The fraction of sp³-hybridized carbons (Fsp3) is 0.222. The number of nitrogens with zero attached hydrogens (tertiary/aromatic N) is 1. The van der Waals surface area contributed by atoms with Gasteiger partial charge in [-0.1, -0.05) is 19.9 Å². The van der Waals surface area contributed by atoms with E-state index in [0.29, 0.717) is 11.5 Å². The molecule has 2 aromatic heterocycles. The summed E-state index contributed by atoms with van der Waals surface area (Å²) in [5, 5.41) is 9.94. The van der Waals surface area contributed by atoms with Crippen LogP contribution < -0.4 is 4.72 Å². The van der Waals surface area contributed by atoms with E-state index in [-0.39, 0.29) is 15.5 Å². The van der Waals surface area contributed by atoms with Gasteiger partial charge in [0.1, 0.15) is 4.21 Å². The van der Waals surface area contributed by atoms with Crippen LogP contribution in [0.15, 0.2) is 40.9 Å². The zero-order valence-electron chi connectivity index (χ0n) is 14.5. The second-order valence-corrected chi connectivity index (χ2v) is 9.23. The van der Waals surface area contributed by atoms with Gasteiger partial charge >= 0.3 is 5.97 Å². The molecule has 0 aliphatic heterocycles. The van der Waals surface area contributed by atoms with Crippen LogP contribution >= 0.6 is 11.3 Å². The van der Waals surface area contributed by atoms with Gasteiger partial charge in [0.2, 0.25) is 0 Å². The number of carbonyl (C=O) groups is 1. The van der Waals surface area contributed by atoms with Gasteiger partial charge in [-0.05, 0) is 47.6 Å². The molecule has 0 radical (unpaired) electrons. The first kappa shape index (κ1) is 18.3. The van der Waals surface area contributed by atoms with E-state index in [1.54, 1.807) is 6.92 Å². The van der Waals surface area contributed by atoms with E-state index in [0.717, 1.165) is 21.8 Å². The van der Waals surface area contributed by atoms with E-state index in [1.807, 2.05) is 18.2 Å². The second kappa shape index (κ2) is 6.69. The number of sulfonamides is 1. The fourth-order valence-corrected chi connectivity index (χ4v) is 5.43. The molecule has 3 aromatic rings. The van der Waals surface area contributed by atoms with Crippen molar-refractivity contribution in [1.82, 2.24) is 4.98 Å². The second-order valence-electron chi connectivity index (χ2n) is 6.30. The molecule has 2 heterocycles. The van der Waals surface area contributed by atoms with Gasteiger partial charge in [0.15, 0.2) is 0 Å². The summed E-state index contributed by atoms with van der Waals surface area (Å²) in [5.74, 6) is -0.820. The van der Waals surface area contributed by atoms with Crippen LogP contribution in [0.1, 0.15) is 41.3 Å². The highest BCUT2D eigenvalue weighted by Crippen LogP contribution is 2.36. The highest BCUT2D eigenvalue weighted by atomic mass is 32.2. The standard InChI is InChI=1S/C18H18N2O4S2/c1-10(2)12-4-5-16-15(7-12)11(3)18(25-16)26(23,24)20-14-6-13(17(21)22)8-19-9-14/h4-10,20H,1-3H3,(H,21,22). The Kier molecular flexibility index (Phi) is 4.72. The molecule has 0 fully saturated rings. The van der Waals surface area contributed by atoms with E-state index in [2.05, 4.69) is 23.6 Å². The lowest BCUT2D eigenvalue weighted by atomic mass is 10.0. The maximum atomic E-state index is 12.8. The van der Waals surface area contributed by atoms with E-state index >= 15 is 0 Å². The molecule has 1 aromatic carbocycles. The van der Waals surface area contributed by atoms with Crippen LogP contribution in [0.4, 0.5) is 5.69 Å². The van der Waals surface area contributed by atoms with E-state index in [1.165, 1.54) is 23.6 Å². The van der Waals surface area contributed by atoms with Crippen molar-refractivity contribution in [3.8, 4) is 0 Å². The molecular weight excluding hydrogens is 372 g/mol. The van der Waals surface area contributed by atoms with E-state index in [4.69, 9.17) is 5.11 Å². The van der Waals surface area contributed by atoms with Crippen molar-refractivity contribution in [2.75, 3.05) is 4.72 Å². The van der Waals surface area contributed by atoms with Crippen LogP contribution in [0.2, 0.25) is 0 Å². The van der Waals surface area contributed by atoms with Crippen LogP contribution in [0, 0.1) is 6.92 Å². The highest BCUT2D eigenvalue weighted by molar-refractivity contribution is 7.94. The first-order valence-electron chi connectivity index (χ1n) is 7.93. The molecule has 0 aliphatic rings. The van der Waals surface area contributed by atoms with Gasteiger partial charge in [0.05, 0.1) is 17.4 Å². The minimum atomic E-state index is -3.85. The molecule has 6 nitrogen and oxygen atoms in total. The molecule has 0 atom stereocenters. The summed E-state index contributed by atoms with van der Waals surface area (Å²) >= 11 is 1.19. The Morgan fingerprint density at radius 3 is 2.62 bits per heavy atom. The summed E-state index contributed by atoms with van der Waals surface area (Å²) in [6.07, 6.45) is 2.45. The molecule has 0 spiro atoms.